The third kappa shape index (κ3) is 2.39. The summed E-state index contributed by atoms with van der Waals surface area (Å²) in [6, 6.07) is 9.42. The topological polar surface area (TPSA) is 15.3 Å². The number of hydrogen-bond donors (Lipinski definition) is 1. The van der Waals surface area contributed by atoms with Gasteiger partial charge in [0.05, 0.1) is 0 Å². The number of likely N-dealkylation sites (tertiary alicyclic amines) is 1. The van der Waals surface area contributed by atoms with Crippen molar-refractivity contribution in [2.45, 2.75) is 39.2 Å². The lowest BCUT2D eigenvalue weighted by Crippen LogP contribution is -2.50. The highest BCUT2D eigenvalue weighted by Gasteiger charge is 2.31. The number of para-hydroxylation sites is 1. The average Bonchev–Trinajstić information content (AvgIpc) is 2.37. The van der Waals surface area contributed by atoms with E-state index in [9.17, 15) is 0 Å². The molecule has 1 fully saturated rings. The summed E-state index contributed by atoms with van der Waals surface area (Å²) >= 11 is 0. The monoisotopic (exact) mass is 244 g/mol. The second-order valence-electron chi connectivity index (χ2n) is 6.63. The molecule has 1 aromatic rings. The number of nitrogens with one attached hydrogen (secondary N) is 1. The minimum Gasteiger partial charge on any atom is -0.383 e. The van der Waals surface area contributed by atoms with E-state index < -0.39 is 0 Å². The molecule has 3 rings (SSSR count). The van der Waals surface area contributed by atoms with E-state index in [1.807, 2.05) is 0 Å². The highest BCUT2D eigenvalue weighted by Crippen LogP contribution is 2.32. The Labute approximate surface area is 110 Å². The van der Waals surface area contributed by atoms with E-state index in [0.717, 1.165) is 6.54 Å². The molecule has 1 aromatic carbocycles. The Hall–Kier alpha value is -1.02. The van der Waals surface area contributed by atoms with Gasteiger partial charge in [-0.05, 0) is 42.9 Å². The molecule has 2 nitrogen and oxygen atoms in total. The Morgan fingerprint density at radius 3 is 2.94 bits per heavy atom. The van der Waals surface area contributed by atoms with Crippen LogP contribution in [0, 0.1) is 5.41 Å². The molecule has 1 atom stereocenters. The molecule has 0 bridgehead atoms. The predicted octanol–water partition coefficient (Wildman–Crippen LogP) is 3.15. The van der Waals surface area contributed by atoms with Crippen molar-refractivity contribution in [1.82, 2.24) is 4.90 Å². The fourth-order valence-corrected chi connectivity index (χ4v) is 3.46. The van der Waals surface area contributed by atoms with E-state index in [4.69, 9.17) is 0 Å². The second kappa shape index (κ2) is 4.58. The van der Waals surface area contributed by atoms with Gasteiger partial charge in [0.1, 0.15) is 0 Å². The molecule has 2 heteroatoms. The quantitative estimate of drug-likeness (QED) is 0.816. The summed E-state index contributed by atoms with van der Waals surface area (Å²) in [6.45, 7) is 8.44. The molecule has 0 saturated carbocycles. The Bertz CT molecular complexity index is 425. The van der Waals surface area contributed by atoms with Gasteiger partial charge in [-0.2, -0.15) is 0 Å². The van der Waals surface area contributed by atoms with Gasteiger partial charge in [0, 0.05) is 24.8 Å². The van der Waals surface area contributed by atoms with Crippen molar-refractivity contribution in [1.29, 1.82) is 0 Å². The molecule has 0 aromatic heterocycles. The predicted molar refractivity (Wildman–Crippen MR) is 77.0 cm³/mol. The van der Waals surface area contributed by atoms with Gasteiger partial charge in [0.25, 0.3) is 0 Å². The van der Waals surface area contributed by atoms with Crippen LogP contribution >= 0.6 is 0 Å². The Balaban J connectivity index is 1.72. The van der Waals surface area contributed by atoms with Gasteiger partial charge in [-0.15, -0.1) is 0 Å². The molecule has 1 unspecified atom stereocenters. The summed E-state index contributed by atoms with van der Waals surface area (Å²) in [7, 11) is 0. The minimum atomic E-state index is 0.495. The van der Waals surface area contributed by atoms with Crippen LogP contribution in [-0.4, -0.2) is 30.6 Å². The fraction of sp³-hybridized carbons (Fsp3) is 0.625. The molecular weight excluding hydrogens is 220 g/mol. The van der Waals surface area contributed by atoms with Crippen LogP contribution in [0.3, 0.4) is 0 Å². The average molecular weight is 244 g/mol. The van der Waals surface area contributed by atoms with Crippen molar-refractivity contribution in [3.05, 3.63) is 29.8 Å². The number of nitrogens with zero attached hydrogens (tertiary/aromatic N) is 1. The van der Waals surface area contributed by atoms with Crippen LogP contribution < -0.4 is 5.32 Å². The van der Waals surface area contributed by atoms with E-state index in [2.05, 4.69) is 48.3 Å². The third-order valence-corrected chi connectivity index (χ3v) is 4.45. The first-order chi connectivity index (χ1) is 8.64. The highest BCUT2D eigenvalue weighted by atomic mass is 15.2. The minimum absolute atomic E-state index is 0.495. The first-order valence-electron chi connectivity index (χ1n) is 7.20. The fourth-order valence-electron chi connectivity index (χ4n) is 3.46. The van der Waals surface area contributed by atoms with Gasteiger partial charge in [-0.25, -0.2) is 0 Å². The van der Waals surface area contributed by atoms with E-state index in [1.54, 1.807) is 0 Å². The van der Waals surface area contributed by atoms with Crippen molar-refractivity contribution in [3.8, 4) is 0 Å². The molecular formula is C16H24N2. The lowest BCUT2D eigenvalue weighted by Gasteiger charge is -2.44. The maximum atomic E-state index is 3.60. The molecule has 98 valence electrons. The number of hydrogen-bond acceptors (Lipinski definition) is 2. The number of rotatable bonds is 1. The third-order valence-electron chi connectivity index (χ3n) is 4.45. The van der Waals surface area contributed by atoms with Crippen molar-refractivity contribution < 1.29 is 0 Å². The first kappa shape index (κ1) is 12.0. The number of piperidine rings is 1. The molecule has 2 aliphatic rings. The molecule has 1 saturated heterocycles. The first-order valence-corrected chi connectivity index (χ1v) is 7.20. The summed E-state index contributed by atoms with van der Waals surface area (Å²) in [5, 5.41) is 3.60. The van der Waals surface area contributed by atoms with E-state index in [1.165, 1.54) is 43.6 Å². The zero-order valence-electron chi connectivity index (χ0n) is 11.6. The maximum absolute atomic E-state index is 3.60. The van der Waals surface area contributed by atoms with E-state index >= 15 is 0 Å². The van der Waals surface area contributed by atoms with E-state index in [0.29, 0.717) is 11.5 Å². The van der Waals surface area contributed by atoms with Crippen molar-refractivity contribution >= 4 is 5.69 Å². The Morgan fingerprint density at radius 1 is 1.28 bits per heavy atom. The van der Waals surface area contributed by atoms with Gasteiger partial charge >= 0.3 is 0 Å². The van der Waals surface area contributed by atoms with Gasteiger partial charge in [0.15, 0.2) is 0 Å². The molecule has 1 N–H and O–H groups in total. The van der Waals surface area contributed by atoms with Gasteiger partial charge < -0.3 is 5.32 Å². The molecule has 2 heterocycles. The lowest BCUT2D eigenvalue weighted by molar-refractivity contribution is 0.0813. The molecule has 0 spiro atoms. The smallest absolute Gasteiger partial charge is 0.0373 e. The van der Waals surface area contributed by atoms with Crippen LogP contribution in [0.15, 0.2) is 24.3 Å². The van der Waals surface area contributed by atoms with Crippen molar-refractivity contribution in [3.63, 3.8) is 0 Å². The van der Waals surface area contributed by atoms with Crippen LogP contribution in [0.5, 0.6) is 0 Å². The van der Waals surface area contributed by atoms with Crippen LogP contribution in [-0.2, 0) is 6.42 Å². The van der Waals surface area contributed by atoms with Gasteiger partial charge in [0.2, 0.25) is 0 Å². The molecule has 2 aliphatic heterocycles. The zero-order chi connectivity index (χ0) is 12.6. The van der Waals surface area contributed by atoms with E-state index in [-0.39, 0.29) is 0 Å². The van der Waals surface area contributed by atoms with Crippen LogP contribution in [0.25, 0.3) is 0 Å². The highest BCUT2D eigenvalue weighted by molar-refractivity contribution is 5.53. The summed E-state index contributed by atoms with van der Waals surface area (Å²) in [5.74, 6) is 0. The zero-order valence-corrected chi connectivity index (χ0v) is 11.6. The van der Waals surface area contributed by atoms with Crippen LogP contribution in [0.4, 0.5) is 5.69 Å². The molecule has 0 aliphatic carbocycles. The Morgan fingerprint density at radius 2 is 2.11 bits per heavy atom. The number of benzene rings is 1. The normalized spacial score (nSPS) is 27.3. The summed E-state index contributed by atoms with van der Waals surface area (Å²) < 4.78 is 0. The molecule has 0 amide bonds. The molecule has 18 heavy (non-hydrogen) atoms. The van der Waals surface area contributed by atoms with Crippen molar-refractivity contribution in [2.75, 3.05) is 25.0 Å². The molecule has 0 radical (unpaired) electrons. The summed E-state index contributed by atoms with van der Waals surface area (Å²) in [5.41, 5.74) is 3.32. The summed E-state index contributed by atoms with van der Waals surface area (Å²) in [4.78, 5) is 2.70. The van der Waals surface area contributed by atoms with Gasteiger partial charge in [-0.3, -0.25) is 4.90 Å². The largest absolute Gasteiger partial charge is 0.383 e. The Kier molecular flexibility index (Phi) is 3.06. The van der Waals surface area contributed by atoms with Crippen LogP contribution in [0.2, 0.25) is 0 Å². The van der Waals surface area contributed by atoms with Crippen molar-refractivity contribution in [2.24, 2.45) is 5.41 Å². The lowest BCUT2D eigenvalue weighted by atomic mass is 9.83. The second-order valence-corrected chi connectivity index (χ2v) is 6.63. The summed E-state index contributed by atoms with van der Waals surface area (Å²) in [6.07, 6.45) is 3.94. The van der Waals surface area contributed by atoms with Gasteiger partial charge in [-0.1, -0.05) is 32.0 Å². The number of fused-ring (bicyclic) bond motifs is 1. The standard InChI is InChI=1S/C16H24N2/c1-16(2)8-5-9-18(12-16)14-10-13-6-3-4-7-15(13)17-11-14/h3-4,6-7,14,17H,5,8-12H2,1-2H3. The SMILES string of the molecule is CC1(C)CCCN(C2CNc3ccccc3C2)C1. The number of anilines is 1. The maximum Gasteiger partial charge on any atom is 0.0373 e. The van der Waals surface area contributed by atoms with Crippen LogP contribution in [0.1, 0.15) is 32.3 Å².